The number of ether oxygens (including phenoxy) is 2. The number of nitrogens with one attached hydrogen (secondary N) is 1. The summed E-state index contributed by atoms with van der Waals surface area (Å²) in [6.07, 6.45) is 4.76. The van der Waals surface area contributed by atoms with Gasteiger partial charge in [-0.15, -0.1) is 0 Å². The molecule has 0 aliphatic rings. The Bertz CT molecular complexity index is 425. The molecular weight excluding hydrogens is 398 g/mol. The SMILES string of the molecule is COc1cc(Br)c(OCCCCCCNC(C)C)cc1Br. The topological polar surface area (TPSA) is 30.5 Å². The van der Waals surface area contributed by atoms with Gasteiger partial charge < -0.3 is 14.8 Å². The predicted molar refractivity (Wildman–Crippen MR) is 95.5 cm³/mol. The summed E-state index contributed by atoms with van der Waals surface area (Å²) in [6.45, 7) is 6.21. The second kappa shape index (κ2) is 10.5. The first kappa shape index (κ1) is 18.8. The van der Waals surface area contributed by atoms with E-state index in [1.807, 2.05) is 12.1 Å². The Morgan fingerprint density at radius 3 is 2.29 bits per heavy atom. The van der Waals surface area contributed by atoms with E-state index in [0.29, 0.717) is 6.04 Å². The highest BCUT2D eigenvalue weighted by Gasteiger charge is 2.07. The third-order valence-electron chi connectivity index (χ3n) is 3.09. The van der Waals surface area contributed by atoms with Crippen LogP contribution < -0.4 is 14.8 Å². The molecule has 1 rings (SSSR count). The summed E-state index contributed by atoms with van der Waals surface area (Å²) in [7, 11) is 1.65. The molecule has 0 aromatic heterocycles. The summed E-state index contributed by atoms with van der Waals surface area (Å²) in [6, 6.07) is 4.44. The van der Waals surface area contributed by atoms with E-state index in [-0.39, 0.29) is 0 Å². The number of rotatable bonds is 10. The normalized spacial score (nSPS) is 11.0. The smallest absolute Gasteiger partial charge is 0.134 e. The van der Waals surface area contributed by atoms with Crippen LogP contribution in [0.4, 0.5) is 0 Å². The number of hydrogen-bond donors (Lipinski definition) is 1. The Morgan fingerprint density at radius 2 is 1.62 bits per heavy atom. The van der Waals surface area contributed by atoms with Crippen molar-refractivity contribution in [2.24, 2.45) is 0 Å². The molecule has 0 saturated heterocycles. The van der Waals surface area contributed by atoms with Crippen LogP contribution in [0.2, 0.25) is 0 Å². The first-order valence-electron chi connectivity index (χ1n) is 7.43. The Balaban J connectivity index is 2.20. The van der Waals surface area contributed by atoms with Gasteiger partial charge in [-0.2, -0.15) is 0 Å². The summed E-state index contributed by atoms with van der Waals surface area (Å²) >= 11 is 6.98. The second-order valence-corrected chi connectivity index (χ2v) is 7.00. The average molecular weight is 423 g/mol. The molecule has 3 nitrogen and oxygen atoms in total. The quantitative estimate of drug-likeness (QED) is 0.528. The van der Waals surface area contributed by atoms with Gasteiger partial charge >= 0.3 is 0 Å². The number of methoxy groups -OCH3 is 1. The lowest BCUT2D eigenvalue weighted by atomic mass is 10.2. The molecule has 0 unspecified atom stereocenters. The Hall–Kier alpha value is -0.260. The van der Waals surface area contributed by atoms with E-state index in [0.717, 1.165) is 40.0 Å². The van der Waals surface area contributed by atoms with Crippen molar-refractivity contribution < 1.29 is 9.47 Å². The highest BCUT2D eigenvalue weighted by atomic mass is 79.9. The molecule has 0 amide bonds. The van der Waals surface area contributed by atoms with Crippen LogP contribution >= 0.6 is 31.9 Å². The van der Waals surface area contributed by atoms with Crippen molar-refractivity contribution in [2.45, 2.75) is 45.6 Å². The molecule has 5 heteroatoms. The van der Waals surface area contributed by atoms with Crippen LogP contribution in [0.3, 0.4) is 0 Å². The zero-order valence-electron chi connectivity index (χ0n) is 13.0. The molecule has 0 heterocycles. The number of hydrogen-bond acceptors (Lipinski definition) is 3. The van der Waals surface area contributed by atoms with Gasteiger partial charge in [0.15, 0.2) is 0 Å². The van der Waals surface area contributed by atoms with Crippen LogP contribution in [-0.2, 0) is 0 Å². The third-order valence-corrected chi connectivity index (χ3v) is 4.33. The maximum Gasteiger partial charge on any atom is 0.134 e. The molecule has 0 radical (unpaired) electrons. The monoisotopic (exact) mass is 421 g/mol. The minimum Gasteiger partial charge on any atom is -0.496 e. The fraction of sp³-hybridized carbons (Fsp3) is 0.625. The first-order valence-corrected chi connectivity index (χ1v) is 9.02. The van der Waals surface area contributed by atoms with Crippen LogP contribution in [0.5, 0.6) is 11.5 Å². The summed E-state index contributed by atoms with van der Waals surface area (Å²) in [5.74, 6) is 1.65. The molecule has 120 valence electrons. The van der Waals surface area contributed by atoms with Crippen molar-refractivity contribution in [1.82, 2.24) is 5.32 Å². The lowest BCUT2D eigenvalue weighted by Crippen LogP contribution is -2.23. The van der Waals surface area contributed by atoms with Crippen molar-refractivity contribution in [3.05, 3.63) is 21.1 Å². The number of benzene rings is 1. The van der Waals surface area contributed by atoms with E-state index >= 15 is 0 Å². The molecule has 0 fully saturated rings. The lowest BCUT2D eigenvalue weighted by Gasteiger charge is -2.11. The number of unbranched alkanes of at least 4 members (excludes halogenated alkanes) is 3. The van der Waals surface area contributed by atoms with Gasteiger partial charge in [0.1, 0.15) is 11.5 Å². The van der Waals surface area contributed by atoms with Crippen LogP contribution in [-0.4, -0.2) is 26.3 Å². The van der Waals surface area contributed by atoms with E-state index in [1.165, 1.54) is 19.3 Å². The van der Waals surface area contributed by atoms with Crippen molar-refractivity contribution >= 4 is 31.9 Å². The molecule has 1 aromatic rings. The van der Waals surface area contributed by atoms with Crippen LogP contribution in [0.1, 0.15) is 39.5 Å². The van der Waals surface area contributed by atoms with Crippen LogP contribution in [0.15, 0.2) is 21.1 Å². The van der Waals surface area contributed by atoms with E-state index in [2.05, 4.69) is 51.0 Å². The molecule has 0 spiro atoms. The Morgan fingerprint density at radius 1 is 1.00 bits per heavy atom. The molecule has 21 heavy (non-hydrogen) atoms. The van der Waals surface area contributed by atoms with Gasteiger partial charge in [-0.25, -0.2) is 0 Å². The zero-order valence-corrected chi connectivity index (χ0v) is 16.2. The van der Waals surface area contributed by atoms with E-state index in [9.17, 15) is 0 Å². The number of halogens is 2. The maximum absolute atomic E-state index is 5.81. The van der Waals surface area contributed by atoms with E-state index in [1.54, 1.807) is 7.11 Å². The molecule has 1 aromatic carbocycles. The van der Waals surface area contributed by atoms with Crippen molar-refractivity contribution in [3.8, 4) is 11.5 Å². The van der Waals surface area contributed by atoms with Crippen molar-refractivity contribution in [3.63, 3.8) is 0 Å². The van der Waals surface area contributed by atoms with E-state index < -0.39 is 0 Å². The molecule has 0 bridgehead atoms. The maximum atomic E-state index is 5.81. The first-order chi connectivity index (χ1) is 10.0. The fourth-order valence-corrected chi connectivity index (χ4v) is 2.85. The summed E-state index contributed by atoms with van der Waals surface area (Å²) in [4.78, 5) is 0. The molecule has 0 aliphatic heterocycles. The van der Waals surface area contributed by atoms with Gasteiger partial charge in [0, 0.05) is 6.04 Å². The van der Waals surface area contributed by atoms with Gasteiger partial charge in [0.2, 0.25) is 0 Å². The van der Waals surface area contributed by atoms with Gasteiger partial charge in [0.05, 0.1) is 22.7 Å². The summed E-state index contributed by atoms with van der Waals surface area (Å²) in [5, 5.41) is 3.43. The van der Waals surface area contributed by atoms with Gasteiger partial charge in [0.25, 0.3) is 0 Å². The van der Waals surface area contributed by atoms with Crippen molar-refractivity contribution in [2.75, 3.05) is 20.3 Å². The standard InChI is InChI=1S/C16H25Br2NO2/c1-12(2)19-8-6-4-5-7-9-21-16-11-13(17)15(20-3)10-14(16)18/h10-12,19H,4-9H2,1-3H3. The fourth-order valence-electron chi connectivity index (χ4n) is 1.93. The molecule has 0 saturated carbocycles. The molecule has 0 aliphatic carbocycles. The molecular formula is C16H25Br2NO2. The second-order valence-electron chi connectivity index (χ2n) is 5.29. The Kier molecular flexibility index (Phi) is 9.36. The van der Waals surface area contributed by atoms with Gasteiger partial charge in [-0.3, -0.25) is 0 Å². The zero-order chi connectivity index (χ0) is 15.7. The largest absolute Gasteiger partial charge is 0.496 e. The third kappa shape index (κ3) is 7.52. The van der Waals surface area contributed by atoms with Crippen molar-refractivity contribution in [1.29, 1.82) is 0 Å². The average Bonchev–Trinajstić information content (AvgIpc) is 2.44. The van der Waals surface area contributed by atoms with Crippen LogP contribution in [0.25, 0.3) is 0 Å². The highest BCUT2D eigenvalue weighted by Crippen LogP contribution is 2.36. The highest BCUT2D eigenvalue weighted by molar-refractivity contribution is 9.11. The minimum atomic E-state index is 0.583. The van der Waals surface area contributed by atoms with Gasteiger partial charge in [-0.05, 0) is 63.4 Å². The Labute approximate surface area is 145 Å². The van der Waals surface area contributed by atoms with Crippen LogP contribution in [0, 0.1) is 0 Å². The summed E-state index contributed by atoms with van der Waals surface area (Å²) < 4.78 is 12.9. The summed E-state index contributed by atoms with van der Waals surface area (Å²) in [5.41, 5.74) is 0. The lowest BCUT2D eigenvalue weighted by molar-refractivity contribution is 0.301. The van der Waals surface area contributed by atoms with E-state index in [4.69, 9.17) is 9.47 Å². The predicted octanol–water partition coefficient (Wildman–Crippen LogP) is 5.16. The minimum absolute atomic E-state index is 0.583. The molecule has 1 N–H and O–H groups in total. The molecule has 0 atom stereocenters. The van der Waals surface area contributed by atoms with Gasteiger partial charge in [-0.1, -0.05) is 26.7 Å².